The Morgan fingerprint density at radius 1 is 1.47 bits per heavy atom. The van der Waals surface area contributed by atoms with Crippen molar-refractivity contribution in [1.29, 1.82) is 5.26 Å². The average Bonchev–Trinajstić information content (AvgIpc) is 2.56. The molecule has 90 valence electrons. The number of nitrogen functional groups attached to an aromatic ring is 1. The molecule has 17 heavy (non-hydrogen) atoms. The molecule has 1 heterocycles. The Balaban J connectivity index is 4.06. The summed E-state index contributed by atoms with van der Waals surface area (Å²) in [7, 11) is 0. The molecule has 2 N–H and O–H groups in total. The second kappa shape index (κ2) is 5.20. The lowest BCUT2D eigenvalue weighted by molar-refractivity contribution is 0.855. The Hall–Kier alpha value is -1.53. The van der Waals surface area contributed by atoms with E-state index in [1.807, 2.05) is 19.9 Å². The molecule has 0 unspecified atom stereocenters. The lowest BCUT2D eigenvalue weighted by Crippen LogP contribution is -2.26. The second-order valence-electron chi connectivity index (χ2n) is 4.47. The largest absolute Gasteiger partial charge is 0.389 e. The lowest BCUT2D eigenvalue weighted by atomic mass is 9.99. The molecular formula is C14H18N2S. The summed E-state index contributed by atoms with van der Waals surface area (Å²) in [5.41, 5.74) is 8.78. The fourth-order valence-electron chi connectivity index (χ4n) is 1.81. The molecule has 0 bridgehead atoms. The Kier molecular flexibility index (Phi) is 4.14. The van der Waals surface area contributed by atoms with Crippen LogP contribution in [0, 0.1) is 17.2 Å². The van der Waals surface area contributed by atoms with Crippen molar-refractivity contribution in [2.75, 3.05) is 5.73 Å². The van der Waals surface area contributed by atoms with Crippen LogP contribution in [0.3, 0.4) is 0 Å². The summed E-state index contributed by atoms with van der Waals surface area (Å²) >= 11 is 1.48. The summed E-state index contributed by atoms with van der Waals surface area (Å²) in [6.45, 7) is 12.1. The van der Waals surface area contributed by atoms with Gasteiger partial charge in [-0.1, -0.05) is 32.1 Å². The third-order valence-corrected chi connectivity index (χ3v) is 3.87. The quantitative estimate of drug-likeness (QED) is 0.871. The third kappa shape index (κ3) is 2.42. The van der Waals surface area contributed by atoms with E-state index in [0.29, 0.717) is 16.5 Å². The van der Waals surface area contributed by atoms with Gasteiger partial charge in [-0.25, -0.2) is 0 Å². The average molecular weight is 246 g/mol. The Labute approximate surface area is 106 Å². The zero-order valence-corrected chi connectivity index (χ0v) is 11.6. The first kappa shape index (κ1) is 13.5. The Bertz CT molecular complexity index is 593. The van der Waals surface area contributed by atoms with Gasteiger partial charge in [-0.3, -0.25) is 0 Å². The summed E-state index contributed by atoms with van der Waals surface area (Å²) < 4.78 is 1.10. The predicted molar refractivity (Wildman–Crippen MR) is 75.9 cm³/mol. The van der Waals surface area contributed by atoms with Crippen molar-refractivity contribution in [3.63, 3.8) is 0 Å². The first-order chi connectivity index (χ1) is 7.93. The first-order valence-corrected chi connectivity index (χ1v) is 6.38. The van der Waals surface area contributed by atoms with Gasteiger partial charge < -0.3 is 5.73 Å². The van der Waals surface area contributed by atoms with Gasteiger partial charge in [0.1, 0.15) is 11.1 Å². The topological polar surface area (TPSA) is 49.8 Å². The number of allylic oxidation sites excluding steroid dienone is 1. The molecule has 0 atom stereocenters. The molecule has 0 amide bonds. The maximum Gasteiger partial charge on any atom is 0.105 e. The van der Waals surface area contributed by atoms with E-state index < -0.39 is 0 Å². The highest BCUT2D eigenvalue weighted by Crippen LogP contribution is 2.15. The number of nitrogens with two attached hydrogens (primary N) is 1. The monoisotopic (exact) mass is 246 g/mol. The van der Waals surface area contributed by atoms with Gasteiger partial charge in [-0.05, 0) is 25.3 Å². The van der Waals surface area contributed by atoms with Gasteiger partial charge in [0, 0.05) is 9.75 Å². The van der Waals surface area contributed by atoms with Crippen LogP contribution in [0.1, 0.15) is 33.3 Å². The molecular weight excluding hydrogens is 228 g/mol. The molecule has 3 heteroatoms. The highest BCUT2D eigenvalue weighted by molar-refractivity contribution is 7.14. The smallest absolute Gasteiger partial charge is 0.105 e. The van der Waals surface area contributed by atoms with Gasteiger partial charge in [0.15, 0.2) is 0 Å². The van der Waals surface area contributed by atoms with Crippen molar-refractivity contribution in [3.05, 3.63) is 28.0 Å². The molecule has 0 aliphatic rings. The molecule has 0 saturated carbocycles. The maximum atomic E-state index is 9.24. The van der Waals surface area contributed by atoms with Crippen LogP contribution in [0.4, 0.5) is 5.00 Å². The molecule has 0 radical (unpaired) electrons. The van der Waals surface area contributed by atoms with E-state index in [1.54, 1.807) is 0 Å². The highest BCUT2D eigenvalue weighted by atomic mass is 32.1. The number of nitriles is 1. The molecule has 1 aromatic heterocycles. The van der Waals surface area contributed by atoms with Gasteiger partial charge in [-0.15, -0.1) is 11.3 Å². The number of hydrogen-bond acceptors (Lipinski definition) is 3. The van der Waals surface area contributed by atoms with Crippen LogP contribution in [-0.4, -0.2) is 0 Å². The zero-order chi connectivity index (χ0) is 13.2. The fraction of sp³-hybridized carbons (Fsp3) is 0.357. The summed E-state index contributed by atoms with van der Waals surface area (Å²) in [4.78, 5) is 0. The van der Waals surface area contributed by atoms with Crippen LogP contribution in [0.25, 0.3) is 11.1 Å². The molecule has 0 aliphatic heterocycles. The van der Waals surface area contributed by atoms with Crippen LogP contribution in [0.5, 0.6) is 0 Å². The minimum absolute atomic E-state index is 0.326. The predicted octanol–water partition coefficient (Wildman–Crippen LogP) is 2.39. The molecule has 0 saturated heterocycles. The molecule has 0 aromatic carbocycles. The van der Waals surface area contributed by atoms with Crippen molar-refractivity contribution < 1.29 is 0 Å². The Morgan fingerprint density at radius 3 is 2.41 bits per heavy atom. The fourth-order valence-corrected chi connectivity index (χ4v) is 2.81. The molecule has 2 nitrogen and oxygen atoms in total. The van der Waals surface area contributed by atoms with E-state index in [1.165, 1.54) is 16.9 Å². The number of thiophene rings is 1. The third-order valence-electron chi connectivity index (χ3n) is 2.63. The first-order valence-electron chi connectivity index (χ1n) is 5.56. The van der Waals surface area contributed by atoms with E-state index in [9.17, 15) is 5.26 Å². The summed E-state index contributed by atoms with van der Waals surface area (Å²) in [5, 5.41) is 10.8. The van der Waals surface area contributed by atoms with Gasteiger partial charge in [0.25, 0.3) is 0 Å². The molecule has 0 aliphatic carbocycles. The summed E-state index contributed by atoms with van der Waals surface area (Å²) in [6.07, 6.45) is 1.83. The maximum absolute atomic E-state index is 9.24. The molecule has 1 aromatic rings. The number of anilines is 1. The van der Waals surface area contributed by atoms with Crippen LogP contribution in [0.15, 0.2) is 12.7 Å². The van der Waals surface area contributed by atoms with Gasteiger partial charge in [0.05, 0.1) is 5.56 Å². The Morgan fingerprint density at radius 2 is 2.06 bits per heavy atom. The summed E-state index contributed by atoms with van der Waals surface area (Å²) in [5.74, 6) is 0.326. The van der Waals surface area contributed by atoms with Crippen molar-refractivity contribution in [1.82, 2.24) is 0 Å². The van der Waals surface area contributed by atoms with E-state index in [2.05, 4.69) is 26.5 Å². The second-order valence-corrected chi connectivity index (χ2v) is 5.52. The van der Waals surface area contributed by atoms with Crippen molar-refractivity contribution >= 4 is 27.5 Å². The molecule has 0 spiro atoms. The standard InChI is InChI=1S/C14H18N2S/c1-6-10(8(2)3)12-11(7-15)14(16)17-13(12)9(4)5/h6,8H,1,16H2,2-5H3/b12-10+. The van der Waals surface area contributed by atoms with Crippen molar-refractivity contribution in [2.24, 2.45) is 5.92 Å². The molecule has 0 fully saturated rings. The minimum Gasteiger partial charge on any atom is -0.389 e. The van der Waals surface area contributed by atoms with Crippen molar-refractivity contribution in [2.45, 2.75) is 27.7 Å². The number of hydrogen-bond donors (Lipinski definition) is 1. The van der Waals surface area contributed by atoms with Crippen LogP contribution < -0.4 is 15.5 Å². The SMILES string of the molecule is C=C/C(=c1/c(C#N)c(N)sc1=C(C)C)C(C)C. The summed E-state index contributed by atoms with van der Waals surface area (Å²) in [6, 6.07) is 2.21. The number of rotatable bonds is 2. The van der Waals surface area contributed by atoms with Gasteiger partial charge in [-0.2, -0.15) is 5.26 Å². The van der Waals surface area contributed by atoms with Gasteiger partial charge in [0.2, 0.25) is 0 Å². The van der Waals surface area contributed by atoms with Crippen molar-refractivity contribution in [3.8, 4) is 6.07 Å². The van der Waals surface area contributed by atoms with E-state index in [0.717, 1.165) is 15.3 Å². The van der Waals surface area contributed by atoms with Gasteiger partial charge >= 0.3 is 0 Å². The van der Waals surface area contributed by atoms with Crippen LogP contribution in [0.2, 0.25) is 0 Å². The normalized spacial score (nSPS) is 12.2. The lowest BCUT2D eigenvalue weighted by Gasteiger charge is -2.05. The van der Waals surface area contributed by atoms with Crippen LogP contribution in [-0.2, 0) is 0 Å². The zero-order valence-electron chi connectivity index (χ0n) is 10.8. The van der Waals surface area contributed by atoms with E-state index in [4.69, 9.17) is 5.73 Å². The van der Waals surface area contributed by atoms with Crippen LogP contribution >= 0.6 is 11.3 Å². The highest BCUT2D eigenvalue weighted by Gasteiger charge is 2.11. The number of nitrogens with zero attached hydrogens (tertiary/aromatic N) is 1. The minimum atomic E-state index is 0.326. The molecule has 1 rings (SSSR count). The van der Waals surface area contributed by atoms with E-state index >= 15 is 0 Å². The van der Waals surface area contributed by atoms with E-state index in [-0.39, 0.29) is 0 Å².